The van der Waals surface area contributed by atoms with E-state index in [2.05, 4.69) is 5.32 Å². The number of aromatic nitrogens is 1. The van der Waals surface area contributed by atoms with Crippen molar-refractivity contribution >= 4 is 21.6 Å². The summed E-state index contributed by atoms with van der Waals surface area (Å²) in [6.07, 6.45) is 3.24. The average molecular weight is 391 g/mol. The van der Waals surface area contributed by atoms with E-state index in [1.54, 1.807) is 17.7 Å². The third-order valence-electron chi connectivity index (χ3n) is 4.64. The maximum absolute atomic E-state index is 12.7. The molecule has 0 radical (unpaired) electrons. The lowest BCUT2D eigenvalue weighted by Gasteiger charge is -2.13. The monoisotopic (exact) mass is 391 g/mol. The summed E-state index contributed by atoms with van der Waals surface area (Å²) in [7, 11) is -1.88. The average Bonchev–Trinajstić information content (AvgIpc) is 3.31. The van der Waals surface area contributed by atoms with Gasteiger partial charge in [-0.2, -0.15) is 4.31 Å². The summed E-state index contributed by atoms with van der Waals surface area (Å²) in [5.41, 5.74) is 1.81. The molecule has 1 N–H and O–H groups in total. The van der Waals surface area contributed by atoms with Gasteiger partial charge in [-0.05, 0) is 31.9 Å². The summed E-state index contributed by atoms with van der Waals surface area (Å²) in [6, 6.07) is 8.84. The number of aryl methyl sites for hydroxylation is 1. The van der Waals surface area contributed by atoms with Crippen molar-refractivity contribution in [1.82, 2.24) is 8.87 Å². The molecule has 1 amide bonds. The molecule has 2 aromatic rings. The van der Waals surface area contributed by atoms with E-state index in [9.17, 15) is 13.2 Å². The Morgan fingerprint density at radius 2 is 1.93 bits per heavy atom. The first-order valence-corrected chi connectivity index (χ1v) is 10.5. The quantitative estimate of drug-likeness (QED) is 0.787. The van der Waals surface area contributed by atoms with Gasteiger partial charge in [0.25, 0.3) is 5.91 Å². The van der Waals surface area contributed by atoms with E-state index in [4.69, 9.17) is 4.74 Å². The van der Waals surface area contributed by atoms with Crippen LogP contribution >= 0.6 is 0 Å². The molecule has 0 bridgehead atoms. The molecule has 27 heavy (non-hydrogen) atoms. The van der Waals surface area contributed by atoms with Gasteiger partial charge in [-0.3, -0.25) is 4.79 Å². The Morgan fingerprint density at radius 3 is 2.63 bits per heavy atom. The molecule has 1 aromatic heterocycles. The van der Waals surface area contributed by atoms with Crippen molar-refractivity contribution in [3.63, 3.8) is 0 Å². The number of amides is 1. The van der Waals surface area contributed by atoms with Crippen LogP contribution in [0.1, 0.15) is 35.8 Å². The highest BCUT2D eigenvalue weighted by Gasteiger charge is 2.29. The number of ether oxygens (including phenoxy) is 1. The lowest BCUT2D eigenvalue weighted by molar-refractivity contribution is 0.101. The maximum Gasteiger partial charge on any atom is 0.272 e. The number of carbonyl (C=O) groups excluding carboxylic acids is 1. The number of anilines is 1. The van der Waals surface area contributed by atoms with Gasteiger partial charge in [-0.1, -0.05) is 18.2 Å². The summed E-state index contributed by atoms with van der Waals surface area (Å²) < 4.78 is 33.9. The Labute approximate surface area is 160 Å². The first-order valence-electron chi connectivity index (χ1n) is 9.07. The summed E-state index contributed by atoms with van der Waals surface area (Å²) in [6.45, 7) is 3.95. The molecular weight excluding hydrogens is 366 g/mol. The number of nitrogens with one attached hydrogen (secondary N) is 1. The van der Waals surface area contributed by atoms with Gasteiger partial charge in [0, 0.05) is 44.2 Å². The van der Waals surface area contributed by atoms with E-state index < -0.39 is 10.0 Å². The van der Waals surface area contributed by atoms with Gasteiger partial charge in [-0.15, -0.1) is 0 Å². The first-order chi connectivity index (χ1) is 12.9. The van der Waals surface area contributed by atoms with Crippen LogP contribution in [0.4, 0.5) is 5.69 Å². The second-order valence-corrected chi connectivity index (χ2v) is 8.47. The highest BCUT2D eigenvalue weighted by atomic mass is 32.2. The molecule has 2 heterocycles. The highest BCUT2D eigenvalue weighted by Crippen LogP contribution is 2.23. The van der Waals surface area contributed by atoms with Crippen LogP contribution in [-0.2, 0) is 28.4 Å². The number of carbonyl (C=O) groups is 1. The predicted octanol–water partition coefficient (Wildman–Crippen LogP) is 2.60. The van der Waals surface area contributed by atoms with Gasteiger partial charge in [0.15, 0.2) is 0 Å². The molecule has 1 fully saturated rings. The Kier molecular flexibility index (Phi) is 5.98. The van der Waals surface area contributed by atoms with E-state index in [-0.39, 0.29) is 10.8 Å². The van der Waals surface area contributed by atoms with E-state index in [0.717, 1.165) is 18.4 Å². The Morgan fingerprint density at radius 1 is 1.22 bits per heavy atom. The minimum Gasteiger partial charge on any atom is -0.377 e. The molecule has 7 nitrogen and oxygen atoms in total. The van der Waals surface area contributed by atoms with E-state index in [0.29, 0.717) is 37.7 Å². The van der Waals surface area contributed by atoms with Crippen molar-refractivity contribution in [2.24, 2.45) is 7.05 Å². The molecule has 0 atom stereocenters. The molecule has 3 rings (SSSR count). The molecular formula is C19H25N3O4S. The van der Waals surface area contributed by atoms with Crippen LogP contribution in [-0.4, -0.2) is 42.9 Å². The third-order valence-corrected chi connectivity index (χ3v) is 6.51. The SMILES string of the molecule is CCOCc1ccccc1NC(=O)c1cc(S(=O)(=O)N2CCCC2)cn1C. The van der Waals surface area contributed by atoms with Gasteiger partial charge >= 0.3 is 0 Å². The Hall–Kier alpha value is -2.16. The summed E-state index contributed by atoms with van der Waals surface area (Å²) in [5, 5.41) is 2.86. The molecule has 1 aliphatic heterocycles. The maximum atomic E-state index is 12.7. The number of hydrogen-bond donors (Lipinski definition) is 1. The van der Waals surface area contributed by atoms with Crippen LogP contribution in [0.3, 0.4) is 0 Å². The topological polar surface area (TPSA) is 80.6 Å². The fraction of sp³-hybridized carbons (Fsp3) is 0.421. The number of hydrogen-bond acceptors (Lipinski definition) is 4. The Balaban J connectivity index is 1.81. The zero-order valence-electron chi connectivity index (χ0n) is 15.6. The lowest BCUT2D eigenvalue weighted by Crippen LogP contribution is -2.27. The summed E-state index contributed by atoms with van der Waals surface area (Å²) in [5.74, 6) is -0.357. The molecule has 1 aliphatic rings. The number of rotatable bonds is 7. The normalized spacial score (nSPS) is 15.2. The second-order valence-electron chi connectivity index (χ2n) is 6.53. The van der Waals surface area contributed by atoms with Crippen LogP contribution in [0.15, 0.2) is 41.4 Å². The van der Waals surface area contributed by atoms with E-state index in [1.807, 2.05) is 25.1 Å². The summed E-state index contributed by atoms with van der Waals surface area (Å²) >= 11 is 0. The molecule has 0 saturated carbocycles. The van der Waals surface area contributed by atoms with Gasteiger partial charge in [-0.25, -0.2) is 8.42 Å². The van der Waals surface area contributed by atoms with Crippen LogP contribution < -0.4 is 5.32 Å². The fourth-order valence-corrected chi connectivity index (χ4v) is 4.73. The van der Waals surface area contributed by atoms with Gasteiger partial charge in [0.05, 0.1) is 6.61 Å². The molecule has 0 aliphatic carbocycles. The van der Waals surface area contributed by atoms with E-state index in [1.165, 1.54) is 16.6 Å². The number of benzene rings is 1. The standard InChI is InChI=1S/C19H25N3O4S/c1-3-26-14-15-8-4-5-9-17(15)20-19(23)18-12-16(13-21(18)2)27(24,25)22-10-6-7-11-22/h4-5,8-9,12-13H,3,6-7,10-11,14H2,1-2H3,(H,20,23). The molecule has 1 saturated heterocycles. The smallest absolute Gasteiger partial charge is 0.272 e. The van der Waals surface area contributed by atoms with Crippen LogP contribution in [0, 0.1) is 0 Å². The fourth-order valence-electron chi connectivity index (χ4n) is 3.15. The second kappa shape index (κ2) is 8.24. The molecule has 1 aromatic carbocycles. The minimum atomic E-state index is -3.55. The summed E-state index contributed by atoms with van der Waals surface area (Å²) in [4.78, 5) is 12.9. The number of para-hydroxylation sites is 1. The van der Waals surface area contributed by atoms with Crippen LogP contribution in [0.5, 0.6) is 0 Å². The van der Waals surface area contributed by atoms with Gasteiger partial charge < -0.3 is 14.6 Å². The van der Waals surface area contributed by atoms with Crippen molar-refractivity contribution in [3.05, 3.63) is 47.8 Å². The predicted molar refractivity (Wildman–Crippen MR) is 103 cm³/mol. The van der Waals surface area contributed by atoms with E-state index >= 15 is 0 Å². The number of sulfonamides is 1. The van der Waals surface area contributed by atoms with Crippen molar-refractivity contribution in [3.8, 4) is 0 Å². The minimum absolute atomic E-state index is 0.152. The Bertz CT molecular complexity index is 915. The van der Waals surface area contributed by atoms with Crippen molar-refractivity contribution in [1.29, 1.82) is 0 Å². The van der Waals surface area contributed by atoms with Crippen molar-refractivity contribution in [2.45, 2.75) is 31.3 Å². The zero-order chi connectivity index (χ0) is 19.4. The van der Waals surface area contributed by atoms with Crippen molar-refractivity contribution < 1.29 is 17.9 Å². The zero-order valence-corrected chi connectivity index (χ0v) is 16.5. The molecule has 0 unspecified atom stereocenters. The van der Waals surface area contributed by atoms with Crippen LogP contribution in [0.25, 0.3) is 0 Å². The molecule has 0 spiro atoms. The van der Waals surface area contributed by atoms with Crippen LogP contribution in [0.2, 0.25) is 0 Å². The number of nitrogens with zero attached hydrogens (tertiary/aromatic N) is 2. The first kappa shape index (κ1) is 19.6. The lowest BCUT2D eigenvalue weighted by atomic mass is 10.2. The largest absolute Gasteiger partial charge is 0.377 e. The van der Waals surface area contributed by atoms with Gasteiger partial charge in [0.2, 0.25) is 10.0 Å². The molecule has 8 heteroatoms. The molecule has 146 valence electrons. The van der Waals surface area contributed by atoms with Crippen molar-refractivity contribution in [2.75, 3.05) is 25.0 Å². The van der Waals surface area contributed by atoms with Gasteiger partial charge in [0.1, 0.15) is 10.6 Å². The third kappa shape index (κ3) is 4.23. The highest BCUT2D eigenvalue weighted by molar-refractivity contribution is 7.89.